The van der Waals surface area contributed by atoms with Gasteiger partial charge < -0.3 is 14.6 Å². The standard InChI is InChI=1S/C15H17NO4S/c1-4-5-11-13(15(17)18)21-14(16-11)10-7-6-9(19-2)8-12(10)20-3/h6-8H,4-5H2,1-3H3,(H,17,18). The van der Waals surface area contributed by atoms with Crippen LogP contribution in [0.15, 0.2) is 18.2 Å². The molecule has 112 valence electrons. The van der Waals surface area contributed by atoms with Crippen molar-refractivity contribution in [1.82, 2.24) is 4.98 Å². The molecule has 0 atom stereocenters. The van der Waals surface area contributed by atoms with Gasteiger partial charge in [0.2, 0.25) is 0 Å². The molecule has 0 bridgehead atoms. The summed E-state index contributed by atoms with van der Waals surface area (Å²) in [6, 6.07) is 5.40. The lowest BCUT2D eigenvalue weighted by molar-refractivity contribution is 0.0700. The number of aromatic nitrogens is 1. The molecule has 1 N–H and O–H groups in total. The smallest absolute Gasteiger partial charge is 0.347 e. The molecule has 0 saturated heterocycles. The van der Waals surface area contributed by atoms with Gasteiger partial charge in [0.15, 0.2) is 0 Å². The third-order valence-corrected chi connectivity index (χ3v) is 4.14. The van der Waals surface area contributed by atoms with Crippen molar-refractivity contribution in [2.75, 3.05) is 14.2 Å². The second-order valence-electron chi connectivity index (χ2n) is 4.42. The van der Waals surface area contributed by atoms with Crippen molar-refractivity contribution >= 4 is 17.3 Å². The molecule has 0 aliphatic heterocycles. The maximum Gasteiger partial charge on any atom is 0.347 e. The number of carbonyl (C=O) groups is 1. The number of thiazole rings is 1. The summed E-state index contributed by atoms with van der Waals surface area (Å²) in [6.07, 6.45) is 1.50. The van der Waals surface area contributed by atoms with Crippen LogP contribution in [0.25, 0.3) is 10.6 Å². The van der Waals surface area contributed by atoms with E-state index < -0.39 is 5.97 Å². The molecule has 1 heterocycles. The zero-order valence-corrected chi connectivity index (χ0v) is 13.0. The molecule has 6 heteroatoms. The van der Waals surface area contributed by atoms with E-state index in [1.807, 2.05) is 13.0 Å². The van der Waals surface area contributed by atoms with Crippen LogP contribution in [0.5, 0.6) is 11.5 Å². The summed E-state index contributed by atoms with van der Waals surface area (Å²) in [5, 5.41) is 9.93. The largest absolute Gasteiger partial charge is 0.497 e. The summed E-state index contributed by atoms with van der Waals surface area (Å²) in [6.45, 7) is 2.00. The van der Waals surface area contributed by atoms with E-state index in [4.69, 9.17) is 9.47 Å². The molecule has 1 aromatic carbocycles. The Labute approximate surface area is 127 Å². The fourth-order valence-corrected chi connectivity index (χ4v) is 3.00. The Morgan fingerprint density at radius 1 is 1.33 bits per heavy atom. The highest BCUT2D eigenvalue weighted by atomic mass is 32.1. The highest BCUT2D eigenvalue weighted by Gasteiger charge is 2.19. The molecule has 0 saturated carbocycles. The van der Waals surface area contributed by atoms with Gasteiger partial charge in [0.25, 0.3) is 0 Å². The first-order chi connectivity index (χ1) is 10.1. The van der Waals surface area contributed by atoms with Crippen molar-refractivity contribution in [3.63, 3.8) is 0 Å². The number of carboxylic acid groups (broad SMARTS) is 1. The minimum absolute atomic E-state index is 0.296. The molecule has 0 aliphatic rings. The zero-order valence-electron chi connectivity index (χ0n) is 12.2. The topological polar surface area (TPSA) is 68.7 Å². The lowest BCUT2D eigenvalue weighted by Gasteiger charge is -2.08. The van der Waals surface area contributed by atoms with Gasteiger partial charge in [-0.25, -0.2) is 9.78 Å². The van der Waals surface area contributed by atoms with Crippen LogP contribution in [0.2, 0.25) is 0 Å². The second kappa shape index (κ2) is 6.58. The summed E-state index contributed by atoms with van der Waals surface area (Å²) in [4.78, 5) is 16.1. The molecule has 2 aromatic rings. The number of methoxy groups -OCH3 is 2. The number of nitrogens with zero attached hydrogens (tertiary/aromatic N) is 1. The van der Waals surface area contributed by atoms with Crippen LogP contribution in [0.4, 0.5) is 0 Å². The summed E-state index contributed by atoms with van der Waals surface area (Å²) in [7, 11) is 3.15. The first-order valence-corrected chi connectivity index (χ1v) is 7.37. The van der Waals surface area contributed by atoms with Crippen LogP contribution in [0, 0.1) is 0 Å². The fraction of sp³-hybridized carbons (Fsp3) is 0.333. The van der Waals surface area contributed by atoms with Gasteiger partial charge in [0.05, 0.1) is 25.5 Å². The third kappa shape index (κ3) is 3.16. The van der Waals surface area contributed by atoms with Crippen LogP contribution in [-0.2, 0) is 6.42 Å². The average Bonchev–Trinajstić information content (AvgIpc) is 2.91. The minimum Gasteiger partial charge on any atom is -0.497 e. The van der Waals surface area contributed by atoms with Crippen molar-refractivity contribution in [3.8, 4) is 22.1 Å². The molecule has 0 aliphatic carbocycles. The second-order valence-corrected chi connectivity index (χ2v) is 5.42. The van der Waals surface area contributed by atoms with Crippen LogP contribution in [-0.4, -0.2) is 30.3 Å². The maximum absolute atomic E-state index is 11.3. The lowest BCUT2D eigenvalue weighted by atomic mass is 10.2. The molecule has 0 radical (unpaired) electrons. The molecule has 21 heavy (non-hydrogen) atoms. The third-order valence-electron chi connectivity index (χ3n) is 3.02. The molecule has 2 rings (SSSR count). The number of rotatable bonds is 6. The monoisotopic (exact) mass is 307 g/mol. The van der Waals surface area contributed by atoms with Crippen molar-refractivity contribution in [2.45, 2.75) is 19.8 Å². The summed E-state index contributed by atoms with van der Waals surface area (Å²) in [5.74, 6) is 0.358. The molecule has 1 aromatic heterocycles. The van der Waals surface area contributed by atoms with Gasteiger partial charge in [0.1, 0.15) is 21.4 Å². The Kier molecular flexibility index (Phi) is 4.80. The SMILES string of the molecule is CCCc1nc(-c2ccc(OC)cc2OC)sc1C(=O)O. The fourth-order valence-electron chi connectivity index (χ4n) is 2.02. The number of ether oxygens (including phenoxy) is 2. The predicted octanol–water partition coefficient (Wildman–Crippen LogP) is 3.48. The number of aryl methyl sites for hydroxylation is 1. The first-order valence-electron chi connectivity index (χ1n) is 6.56. The van der Waals surface area contributed by atoms with Crippen molar-refractivity contribution < 1.29 is 19.4 Å². The number of hydrogen-bond donors (Lipinski definition) is 1. The number of benzene rings is 1. The zero-order chi connectivity index (χ0) is 15.4. The van der Waals surface area contributed by atoms with E-state index in [1.54, 1.807) is 26.4 Å². The Bertz CT molecular complexity index is 651. The predicted molar refractivity (Wildman–Crippen MR) is 81.6 cm³/mol. The molecule has 0 amide bonds. The average molecular weight is 307 g/mol. The van der Waals surface area contributed by atoms with Crippen molar-refractivity contribution in [1.29, 1.82) is 0 Å². The van der Waals surface area contributed by atoms with Gasteiger partial charge in [-0.3, -0.25) is 0 Å². The van der Waals surface area contributed by atoms with Gasteiger partial charge in [-0.1, -0.05) is 13.3 Å². The lowest BCUT2D eigenvalue weighted by Crippen LogP contribution is -1.98. The molecule has 0 fully saturated rings. The van der Waals surface area contributed by atoms with Gasteiger partial charge in [-0.05, 0) is 18.6 Å². The van der Waals surface area contributed by atoms with E-state index in [2.05, 4.69) is 4.98 Å². The van der Waals surface area contributed by atoms with Crippen LogP contribution >= 0.6 is 11.3 Å². The summed E-state index contributed by atoms with van der Waals surface area (Å²) in [5.41, 5.74) is 1.40. The van der Waals surface area contributed by atoms with Gasteiger partial charge in [0, 0.05) is 6.07 Å². The summed E-state index contributed by atoms with van der Waals surface area (Å²) >= 11 is 1.17. The Balaban J connectivity index is 2.51. The minimum atomic E-state index is -0.935. The highest BCUT2D eigenvalue weighted by Crippen LogP contribution is 2.37. The van der Waals surface area contributed by atoms with E-state index >= 15 is 0 Å². The van der Waals surface area contributed by atoms with Gasteiger partial charge in [-0.15, -0.1) is 11.3 Å². The van der Waals surface area contributed by atoms with E-state index in [0.717, 1.165) is 12.0 Å². The Morgan fingerprint density at radius 2 is 2.10 bits per heavy atom. The van der Waals surface area contributed by atoms with Crippen molar-refractivity contribution in [2.24, 2.45) is 0 Å². The van der Waals surface area contributed by atoms with E-state index in [9.17, 15) is 9.90 Å². The normalized spacial score (nSPS) is 10.4. The van der Waals surface area contributed by atoms with Crippen LogP contribution < -0.4 is 9.47 Å². The number of aromatic carboxylic acids is 1. The molecule has 0 unspecified atom stereocenters. The summed E-state index contributed by atoms with van der Waals surface area (Å²) < 4.78 is 10.5. The Morgan fingerprint density at radius 3 is 2.67 bits per heavy atom. The van der Waals surface area contributed by atoms with Crippen LogP contribution in [0.3, 0.4) is 0 Å². The van der Waals surface area contributed by atoms with E-state index in [-0.39, 0.29) is 0 Å². The first kappa shape index (κ1) is 15.3. The number of hydrogen-bond acceptors (Lipinski definition) is 5. The Hall–Kier alpha value is -2.08. The van der Waals surface area contributed by atoms with E-state index in [1.165, 1.54) is 11.3 Å². The van der Waals surface area contributed by atoms with Crippen LogP contribution in [0.1, 0.15) is 28.7 Å². The molecular weight excluding hydrogens is 290 g/mol. The van der Waals surface area contributed by atoms with Gasteiger partial charge >= 0.3 is 5.97 Å². The molecule has 5 nitrogen and oxygen atoms in total. The quantitative estimate of drug-likeness (QED) is 0.885. The molecular formula is C15H17NO4S. The van der Waals surface area contributed by atoms with Crippen molar-refractivity contribution in [3.05, 3.63) is 28.8 Å². The number of carboxylic acids is 1. The molecule has 0 spiro atoms. The highest BCUT2D eigenvalue weighted by molar-refractivity contribution is 7.17. The van der Waals surface area contributed by atoms with Gasteiger partial charge in [-0.2, -0.15) is 0 Å². The van der Waals surface area contributed by atoms with E-state index in [0.29, 0.717) is 33.5 Å². The maximum atomic E-state index is 11.3.